The number of nitrogens with zero attached hydrogens (tertiary/aromatic N) is 3. The number of hydrogen-bond donors (Lipinski definition) is 1. The van der Waals surface area contributed by atoms with Crippen molar-refractivity contribution in [2.75, 3.05) is 0 Å². The predicted octanol–water partition coefficient (Wildman–Crippen LogP) is 3.67. The third kappa shape index (κ3) is 1.86. The van der Waals surface area contributed by atoms with Gasteiger partial charge in [0.2, 0.25) is 0 Å². The van der Waals surface area contributed by atoms with Gasteiger partial charge in [-0.1, -0.05) is 26.2 Å². The van der Waals surface area contributed by atoms with Crippen LogP contribution in [0.15, 0.2) is 0 Å². The lowest BCUT2D eigenvalue weighted by Gasteiger charge is -2.26. The van der Waals surface area contributed by atoms with Crippen LogP contribution in [0.2, 0.25) is 0 Å². The smallest absolute Gasteiger partial charge is 0.179 e. The van der Waals surface area contributed by atoms with Crippen molar-refractivity contribution in [3.8, 4) is 0 Å². The Labute approximate surface area is 118 Å². The molecule has 0 atom stereocenters. The SMILES string of the molecule is CCCc1nn(C)c2c1[nH]c(=S)n2C1(C)CCCC1. The van der Waals surface area contributed by atoms with E-state index in [2.05, 4.69) is 28.5 Å². The molecule has 2 heterocycles. The second kappa shape index (κ2) is 4.47. The van der Waals surface area contributed by atoms with Crippen LogP contribution in [-0.4, -0.2) is 19.3 Å². The standard InChI is InChI=1S/C14H22N4S/c1-4-7-10-11-12(17(3)16-10)18(13(19)15-11)14(2)8-5-6-9-14/h4-9H2,1-3H3,(H,15,19). The molecule has 0 saturated heterocycles. The van der Waals surface area contributed by atoms with Crippen molar-refractivity contribution < 1.29 is 0 Å². The Morgan fingerprint density at radius 3 is 2.68 bits per heavy atom. The van der Waals surface area contributed by atoms with E-state index in [1.165, 1.54) is 25.7 Å². The molecule has 0 aromatic carbocycles. The summed E-state index contributed by atoms with van der Waals surface area (Å²) in [7, 11) is 2.03. The molecular weight excluding hydrogens is 256 g/mol. The number of hydrogen-bond acceptors (Lipinski definition) is 2. The molecule has 0 radical (unpaired) electrons. The Hall–Kier alpha value is -1.10. The molecule has 4 nitrogen and oxygen atoms in total. The Balaban J connectivity index is 2.25. The monoisotopic (exact) mass is 278 g/mol. The summed E-state index contributed by atoms with van der Waals surface area (Å²) in [6, 6.07) is 0. The molecule has 3 rings (SSSR count). The second-order valence-corrected chi connectivity index (χ2v) is 6.38. The molecule has 0 bridgehead atoms. The fraction of sp³-hybridized carbons (Fsp3) is 0.714. The molecule has 0 aliphatic heterocycles. The number of aromatic amines is 1. The Bertz CT molecular complexity index is 655. The highest BCUT2D eigenvalue weighted by Gasteiger charge is 2.34. The number of H-pyrrole nitrogens is 1. The topological polar surface area (TPSA) is 38.5 Å². The molecule has 5 heteroatoms. The molecule has 0 amide bonds. The zero-order valence-electron chi connectivity index (χ0n) is 12.0. The maximum absolute atomic E-state index is 5.58. The zero-order chi connectivity index (χ0) is 13.6. The number of rotatable bonds is 3. The van der Waals surface area contributed by atoms with E-state index in [1.54, 1.807) is 0 Å². The van der Waals surface area contributed by atoms with Gasteiger partial charge in [0.05, 0.1) is 5.69 Å². The van der Waals surface area contributed by atoms with Crippen LogP contribution in [0.1, 0.15) is 51.6 Å². The average molecular weight is 278 g/mol. The van der Waals surface area contributed by atoms with Gasteiger partial charge >= 0.3 is 0 Å². The van der Waals surface area contributed by atoms with Crippen LogP contribution in [0.3, 0.4) is 0 Å². The normalized spacial score (nSPS) is 18.5. The summed E-state index contributed by atoms with van der Waals surface area (Å²) in [5.74, 6) is 0. The molecule has 1 aliphatic rings. The summed E-state index contributed by atoms with van der Waals surface area (Å²) < 4.78 is 5.16. The number of aryl methyl sites for hydroxylation is 2. The molecule has 1 fully saturated rings. The minimum Gasteiger partial charge on any atom is -0.328 e. The van der Waals surface area contributed by atoms with Crippen LogP contribution in [0.5, 0.6) is 0 Å². The molecule has 19 heavy (non-hydrogen) atoms. The van der Waals surface area contributed by atoms with E-state index in [1.807, 2.05) is 11.7 Å². The second-order valence-electron chi connectivity index (χ2n) is 5.99. The summed E-state index contributed by atoms with van der Waals surface area (Å²) in [5, 5.41) is 4.66. The summed E-state index contributed by atoms with van der Waals surface area (Å²) >= 11 is 5.58. The van der Waals surface area contributed by atoms with E-state index in [0.29, 0.717) is 0 Å². The lowest BCUT2D eigenvalue weighted by atomic mass is 10.0. The molecule has 1 saturated carbocycles. The summed E-state index contributed by atoms with van der Waals surface area (Å²) in [6.45, 7) is 4.51. The maximum Gasteiger partial charge on any atom is 0.179 e. The lowest BCUT2D eigenvalue weighted by Crippen LogP contribution is -2.27. The fourth-order valence-corrected chi connectivity index (χ4v) is 3.89. The van der Waals surface area contributed by atoms with Crippen molar-refractivity contribution in [1.29, 1.82) is 0 Å². The van der Waals surface area contributed by atoms with Crippen molar-refractivity contribution in [1.82, 2.24) is 19.3 Å². The number of imidazole rings is 1. The molecular formula is C14H22N4S. The van der Waals surface area contributed by atoms with Gasteiger partial charge in [0.15, 0.2) is 10.4 Å². The number of fused-ring (bicyclic) bond motifs is 1. The van der Waals surface area contributed by atoms with Gasteiger partial charge < -0.3 is 4.98 Å². The van der Waals surface area contributed by atoms with Crippen molar-refractivity contribution in [2.45, 2.75) is 57.9 Å². The molecule has 1 N–H and O–H groups in total. The largest absolute Gasteiger partial charge is 0.328 e. The predicted molar refractivity (Wildman–Crippen MR) is 80.0 cm³/mol. The highest BCUT2D eigenvalue weighted by molar-refractivity contribution is 7.71. The average Bonchev–Trinajstić information content (AvgIpc) is 2.99. The van der Waals surface area contributed by atoms with Gasteiger partial charge in [0, 0.05) is 12.6 Å². The fourth-order valence-electron chi connectivity index (χ4n) is 3.49. The molecule has 2 aromatic rings. The van der Waals surface area contributed by atoms with Crippen LogP contribution in [0.4, 0.5) is 0 Å². The van der Waals surface area contributed by atoms with E-state index in [9.17, 15) is 0 Å². The molecule has 0 unspecified atom stereocenters. The minimum atomic E-state index is 0.159. The Morgan fingerprint density at radius 1 is 1.37 bits per heavy atom. The summed E-state index contributed by atoms with van der Waals surface area (Å²) in [5.41, 5.74) is 3.61. The molecule has 0 spiro atoms. The van der Waals surface area contributed by atoms with Crippen LogP contribution < -0.4 is 0 Å². The van der Waals surface area contributed by atoms with Gasteiger partial charge in [0.1, 0.15) is 5.52 Å². The molecule has 104 valence electrons. The van der Waals surface area contributed by atoms with Gasteiger partial charge in [-0.15, -0.1) is 0 Å². The summed E-state index contributed by atoms with van der Waals surface area (Å²) in [4.78, 5) is 3.40. The van der Waals surface area contributed by atoms with E-state index in [-0.39, 0.29) is 5.54 Å². The van der Waals surface area contributed by atoms with Gasteiger partial charge in [-0.05, 0) is 38.4 Å². The van der Waals surface area contributed by atoms with Gasteiger partial charge in [-0.3, -0.25) is 9.25 Å². The van der Waals surface area contributed by atoms with Crippen LogP contribution in [0.25, 0.3) is 11.2 Å². The van der Waals surface area contributed by atoms with Crippen LogP contribution in [0, 0.1) is 4.77 Å². The first kappa shape index (κ1) is 12.9. The molecule has 2 aromatic heterocycles. The zero-order valence-corrected chi connectivity index (χ0v) is 12.8. The van der Waals surface area contributed by atoms with Crippen LogP contribution >= 0.6 is 12.2 Å². The quantitative estimate of drug-likeness (QED) is 0.870. The number of nitrogens with one attached hydrogen (secondary N) is 1. The van der Waals surface area contributed by atoms with E-state index < -0.39 is 0 Å². The van der Waals surface area contributed by atoms with Crippen molar-refractivity contribution in [2.24, 2.45) is 7.05 Å². The minimum absolute atomic E-state index is 0.159. The third-order valence-corrected chi connectivity index (χ3v) is 4.73. The third-order valence-electron chi connectivity index (χ3n) is 4.44. The van der Waals surface area contributed by atoms with E-state index in [0.717, 1.165) is 34.5 Å². The van der Waals surface area contributed by atoms with Crippen molar-refractivity contribution in [3.05, 3.63) is 10.5 Å². The highest BCUT2D eigenvalue weighted by atomic mass is 32.1. The maximum atomic E-state index is 5.58. The van der Waals surface area contributed by atoms with Gasteiger partial charge in [0.25, 0.3) is 0 Å². The van der Waals surface area contributed by atoms with E-state index >= 15 is 0 Å². The summed E-state index contributed by atoms with van der Waals surface area (Å²) in [6.07, 6.45) is 7.12. The highest BCUT2D eigenvalue weighted by Crippen LogP contribution is 2.38. The van der Waals surface area contributed by atoms with E-state index in [4.69, 9.17) is 12.2 Å². The first-order chi connectivity index (χ1) is 9.07. The number of aromatic nitrogens is 4. The lowest BCUT2D eigenvalue weighted by molar-refractivity contribution is 0.330. The Morgan fingerprint density at radius 2 is 2.05 bits per heavy atom. The van der Waals surface area contributed by atoms with Crippen LogP contribution in [-0.2, 0) is 19.0 Å². The van der Waals surface area contributed by atoms with Crippen molar-refractivity contribution >= 4 is 23.4 Å². The van der Waals surface area contributed by atoms with Gasteiger partial charge in [-0.2, -0.15) is 5.10 Å². The molecule has 1 aliphatic carbocycles. The Kier molecular flexibility index (Phi) is 3.04. The first-order valence-corrected chi connectivity index (χ1v) is 7.65. The van der Waals surface area contributed by atoms with Crippen molar-refractivity contribution in [3.63, 3.8) is 0 Å². The van der Waals surface area contributed by atoms with Gasteiger partial charge in [-0.25, -0.2) is 0 Å². The first-order valence-electron chi connectivity index (χ1n) is 7.24.